The van der Waals surface area contributed by atoms with E-state index in [0.717, 1.165) is 25.7 Å². The van der Waals surface area contributed by atoms with Crippen LogP contribution in [0.2, 0.25) is 0 Å². The number of hydrogen-bond donors (Lipinski definition) is 1. The molecule has 0 bridgehead atoms. The van der Waals surface area contributed by atoms with E-state index in [1.54, 1.807) is 0 Å². The third-order valence-corrected chi connectivity index (χ3v) is 4.01. The van der Waals surface area contributed by atoms with Crippen molar-refractivity contribution in [2.45, 2.75) is 57.6 Å². The van der Waals surface area contributed by atoms with Gasteiger partial charge in [-0.05, 0) is 44.6 Å². The molecule has 2 fully saturated rings. The Morgan fingerprint density at radius 2 is 1.94 bits per heavy atom. The molecule has 0 aromatic rings. The van der Waals surface area contributed by atoms with E-state index in [9.17, 15) is 0 Å². The number of hydrogen-bond acceptors (Lipinski definition) is 3. The Morgan fingerprint density at radius 1 is 1.12 bits per heavy atom. The molecule has 0 aromatic carbocycles. The molecule has 0 radical (unpaired) electrons. The van der Waals surface area contributed by atoms with Gasteiger partial charge >= 0.3 is 0 Å². The molecule has 3 nitrogen and oxygen atoms in total. The van der Waals surface area contributed by atoms with Gasteiger partial charge in [-0.15, -0.1) is 0 Å². The molecule has 2 unspecified atom stereocenters. The van der Waals surface area contributed by atoms with Crippen LogP contribution in [-0.4, -0.2) is 38.5 Å². The van der Waals surface area contributed by atoms with Crippen LogP contribution >= 0.6 is 0 Å². The Labute approximate surface area is 105 Å². The van der Waals surface area contributed by atoms with Crippen LogP contribution in [0.3, 0.4) is 0 Å². The summed E-state index contributed by atoms with van der Waals surface area (Å²) in [5, 5.41) is 3.74. The zero-order valence-corrected chi connectivity index (χ0v) is 11.1. The van der Waals surface area contributed by atoms with Crippen LogP contribution in [0.4, 0.5) is 0 Å². The van der Waals surface area contributed by atoms with Crippen LogP contribution in [0, 0.1) is 5.92 Å². The van der Waals surface area contributed by atoms with Crippen molar-refractivity contribution in [3.8, 4) is 0 Å². The highest BCUT2D eigenvalue weighted by molar-refractivity contribution is 4.78. The van der Waals surface area contributed by atoms with E-state index in [-0.39, 0.29) is 0 Å². The Hall–Kier alpha value is -0.120. The molecule has 2 aliphatic heterocycles. The standard InChI is InChI=1S/C14H27NO2/c1-2-3-14-10-13(6-9-17-14)15-11-12-4-7-16-8-5-12/h12-15H,2-11H2,1H3. The minimum atomic E-state index is 0.501. The van der Waals surface area contributed by atoms with Crippen molar-refractivity contribution in [1.82, 2.24) is 5.32 Å². The normalized spacial score (nSPS) is 31.6. The van der Waals surface area contributed by atoms with Gasteiger partial charge in [0.2, 0.25) is 0 Å². The second-order valence-electron chi connectivity index (χ2n) is 5.47. The minimum Gasteiger partial charge on any atom is -0.381 e. The van der Waals surface area contributed by atoms with E-state index in [0.29, 0.717) is 12.1 Å². The second kappa shape index (κ2) is 7.34. The molecule has 2 rings (SSSR count). The van der Waals surface area contributed by atoms with Crippen molar-refractivity contribution in [1.29, 1.82) is 0 Å². The summed E-state index contributed by atoms with van der Waals surface area (Å²) in [7, 11) is 0. The molecule has 17 heavy (non-hydrogen) atoms. The number of rotatable bonds is 5. The predicted molar refractivity (Wildman–Crippen MR) is 69.2 cm³/mol. The van der Waals surface area contributed by atoms with Crippen LogP contribution in [0.5, 0.6) is 0 Å². The summed E-state index contributed by atoms with van der Waals surface area (Å²) in [5.74, 6) is 0.830. The smallest absolute Gasteiger partial charge is 0.0589 e. The van der Waals surface area contributed by atoms with Crippen LogP contribution in [0.15, 0.2) is 0 Å². The largest absolute Gasteiger partial charge is 0.381 e. The zero-order valence-electron chi connectivity index (χ0n) is 11.1. The summed E-state index contributed by atoms with van der Waals surface area (Å²) in [4.78, 5) is 0. The van der Waals surface area contributed by atoms with Crippen molar-refractivity contribution < 1.29 is 9.47 Å². The van der Waals surface area contributed by atoms with Gasteiger partial charge < -0.3 is 14.8 Å². The van der Waals surface area contributed by atoms with E-state index in [4.69, 9.17) is 9.47 Å². The lowest BCUT2D eigenvalue weighted by atomic mass is 9.97. The van der Waals surface area contributed by atoms with Gasteiger partial charge in [0, 0.05) is 25.9 Å². The maximum atomic E-state index is 5.78. The first-order valence-corrected chi connectivity index (χ1v) is 7.31. The first-order chi connectivity index (χ1) is 8.38. The van der Waals surface area contributed by atoms with Gasteiger partial charge in [0.25, 0.3) is 0 Å². The third kappa shape index (κ3) is 4.57. The SMILES string of the molecule is CCCC1CC(NCC2CCOCC2)CCO1. The summed E-state index contributed by atoms with van der Waals surface area (Å²) in [6, 6.07) is 0.683. The van der Waals surface area contributed by atoms with Crippen molar-refractivity contribution in [2.24, 2.45) is 5.92 Å². The van der Waals surface area contributed by atoms with E-state index in [1.165, 1.54) is 45.1 Å². The third-order valence-electron chi connectivity index (χ3n) is 4.01. The Balaban J connectivity index is 1.64. The highest BCUT2D eigenvalue weighted by Gasteiger charge is 2.22. The molecule has 2 heterocycles. The van der Waals surface area contributed by atoms with E-state index in [2.05, 4.69) is 12.2 Å². The monoisotopic (exact) mass is 241 g/mol. The maximum absolute atomic E-state index is 5.78. The average Bonchev–Trinajstić information content (AvgIpc) is 2.39. The van der Waals surface area contributed by atoms with Crippen LogP contribution < -0.4 is 5.32 Å². The van der Waals surface area contributed by atoms with Gasteiger partial charge in [-0.1, -0.05) is 13.3 Å². The molecule has 0 saturated carbocycles. The zero-order chi connectivity index (χ0) is 11.9. The molecule has 3 heteroatoms. The molecular formula is C14H27NO2. The van der Waals surface area contributed by atoms with Crippen LogP contribution in [0.25, 0.3) is 0 Å². The molecule has 0 spiro atoms. The fourth-order valence-electron chi connectivity index (χ4n) is 2.87. The van der Waals surface area contributed by atoms with Crippen molar-refractivity contribution in [2.75, 3.05) is 26.4 Å². The van der Waals surface area contributed by atoms with E-state index in [1.807, 2.05) is 0 Å². The van der Waals surface area contributed by atoms with Crippen molar-refractivity contribution in [3.63, 3.8) is 0 Å². The van der Waals surface area contributed by atoms with Gasteiger partial charge in [-0.2, -0.15) is 0 Å². The highest BCUT2D eigenvalue weighted by atomic mass is 16.5. The summed E-state index contributed by atoms with van der Waals surface area (Å²) in [6.07, 6.45) is 7.80. The molecule has 0 amide bonds. The lowest BCUT2D eigenvalue weighted by molar-refractivity contribution is -0.00516. The topological polar surface area (TPSA) is 30.5 Å². The lowest BCUT2D eigenvalue weighted by Gasteiger charge is -2.32. The summed E-state index contributed by atoms with van der Waals surface area (Å²) < 4.78 is 11.2. The summed E-state index contributed by atoms with van der Waals surface area (Å²) in [6.45, 7) is 6.27. The van der Waals surface area contributed by atoms with E-state index >= 15 is 0 Å². The predicted octanol–water partition coefficient (Wildman–Crippen LogP) is 2.35. The fraction of sp³-hybridized carbons (Fsp3) is 1.00. The molecule has 1 N–H and O–H groups in total. The van der Waals surface area contributed by atoms with Crippen molar-refractivity contribution in [3.05, 3.63) is 0 Å². The van der Waals surface area contributed by atoms with Gasteiger partial charge in [0.05, 0.1) is 6.10 Å². The summed E-state index contributed by atoms with van der Waals surface area (Å²) in [5.41, 5.74) is 0. The molecule has 2 atom stereocenters. The molecule has 2 aliphatic rings. The van der Waals surface area contributed by atoms with Crippen LogP contribution in [0.1, 0.15) is 45.4 Å². The molecule has 2 saturated heterocycles. The lowest BCUT2D eigenvalue weighted by Crippen LogP contribution is -2.41. The Kier molecular flexibility index (Phi) is 5.75. The highest BCUT2D eigenvalue weighted by Crippen LogP contribution is 2.19. The number of ether oxygens (including phenoxy) is 2. The Bertz CT molecular complexity index is 202. The first-order valence-electron chi connectivity index (χ1n) is 7.31. The van der Waals surface area contributed by atoms with Crippen LogP contribution in [-0.2, 0) is 9.47 Å². The van der Waals surface area contributed by atoms with Gasteiger partial charge in [-0.25, -0.2) is 0 Å². The quantitative estimate of drug-likeness (QED) is 0.801. The molecule has 0 aromatic heterocycles. The molecule has 100 valence electrons. The minimum absolute atomic E-state index is 0.501. The van der Waals surface area contributed by atoms with Crippen molar-refractivity contribution >= 4 is 0 Å². The second-order valence-corrected chi connectivity index (χ2v) is 5.47. The molecule has 0 aliphatic carbocycles. The average molecular weight is 241 g/mol. The molecular weight excluding hydrogens is 214 g/mol. The van der Waals surface area contributed by atoms with Gasteiger partial charge in [-0.3, -0.25) is 0 Å². The summed E-state index contributed by atoms with van der Waals surface area (Å²) >= 11 is 0. The fourth-order valence-corrected chi connectivity index (χ4v) is 2.87. The maximum Gasteiger partial charge on any atom is 0.0589 e. The van der Waals surface area contributed by atoms with E-state index < -0.39 is 0 Å². The first kappa shape index (κ1) is 13.3. The Morgan fingerprint density at radius 3 is 2.71 bits per heavy atom. The number of nitrogens with one attached hydrogen (secondary N) is 1. The van der Waals surface area contributed by atoms with Gasteiger partial charge in [0.15, 0.2) is 0 Å². The van der Waals surface area contributed by atoms with Gasteiger partial charge in [0.1, 0.15) is 0 Å².